The summed E-state index contributed by atoms with van der Waals surface area (Å²) in [4.78, 5) is 36.3. The predicted molar refractivity (Wildman–Crippen MR) is 134 cm³/mol. The van der Waals surface area contributed by atoms with Gasteiger partial charge >= 0.3 is 6.18 Å². The lowest BCUT2D eigenvalue weighted by molar-refractivity contribution is -0.137. The molecule has 3 aromatic carbocycles. The average molecular weight is 529 g/mol. The fourth-order valence-corrected chi connectivity index (χ4v) is 4.89. The van der Waals surface area contributed by atoms with Crippen molar-refractivity contribution in [3.63, 3.8) is 0 Å². The Morgan fingerprint density at radius 2 is 1.75 bits per heavy atom. The van der Waals surface area contributed by atoms with E-state index >= 15 is 0 Å². The predicted octanol–water partition coefficient (Wildman–Crippen LogP) is 6.06. The molecular weight excluding hydrogens is 513 g/mol. The third kappa shape index (κ3) is 4.61. The summed E-state index contributed by atoms with van der Waals surface area (Å²) < 4.78 is 39.2. The minimum atomic E-state index is -4.58. The quantitative estimate of drug-likeness (QED) is 0.446. The van der Waals surface area contributed by atoms with Crippen molar-refractivity contribution in [1.29, 1.82) is 0 Å². The van der Waals surface area contributed by atoms with Crippen LogP contribution < -0.4 is 5.32 Å². The van der Waals surface area contributed by atoms with Crippen LogP contribution in [0.2, 0.25) is 5.02 Å². The fourth-order valence-electron chi connectivity index (χ4n) is 3.90. The highest BCUT2D eigenvalue weighted by molar-refractivity contribution is 8.14. The molecular formula is C25H16ClF3N4O2S. The molecule has 2 amide bonds. The Balaban J connectivity index is 1.41. The summed E-state index contributed by atoms with van der Waals surface area (Å²) >= 11 is 7.04. The molecule has 5 rings (SSSR count). The number of aliphatic imine (C=N–C) groups is 2. The molecule has 0 aromatic heterocycles. The zero-order chi connectivity index (χ0) is 25.4. The van der Waals surface area contributed by atoms with Gasteiger partial charge in [-0.2, -0.15) is 18.2 Å². The van der Waals surface area contributed by atoms with Crippen LogP contribution in [0.25, 0.3) is 0 Å². The van der Waals surface area contributed by atoms with Crippen LogP contribution in [0.4, 0.5) is 24.5 Å². The molecule has 0 saturated carbocycles. The van der Waals surface area contributed by atoms with E-state index in [2.05, 4.69) is 15.3 Å². The first-order chi connectivity index (χ1) is 17.2. The van der Waals surface area contributed by atoms with Crippen molar-refractivity contribution in [2.24, 2.45) is 9.98 Å². The van der Waals surface area contributed by atoms with Gasteiger partial charge in [-0.25, -0.2) is 4.99 Å². The highest BCUT2D eigenvalue weighted by Gasteiger charge is 2.42. The first-order valence-electron chi connectivity index (χ1n) is 10.7. The van der Waals surface area contributed by atoms with E-state index in [9.17, 15) is 22.8 Å². The number of hydrogen-bond acceptors (Lipinski definition) is 5. The number of halogens is 4. The molecule has 2 aliphatic rings. The van der Waals surface area contributed by atoms with Crippen molar-refractivity contribution < 1.29 is 22.8 Å². The summed E-state index contributed by atoms with van der Waals surface area (Å²) in [5.41, 5.74) is 0.930. The van der Waals surface area contributed by atoms with E-state index in [4.69, 9.17) is 11.6 Å². The average Bonchev–Trinajstić information content (AvgIpc) is 3.21. The Hall–Kier alpha value is -3.63. The van der Waals surface area contributed by atoms with Crippen molar-refractivity contribution in [2.75, 3.05) is 11.1 Å². The maximum Gasteiger partial charge on any atom is 0.416 e. The highest BCUT2D eigenvalue weighted by atomic mass is 35.5. The molecule has 3 aromatic rings. The van der Waals surface area contributed by atoms with Crippen molar-refractivity contribution in [1.82, 2.24) is 4.90 Å². The monoisotopic (exact) mass is 528 g/mol. The molecule has 2 heterocycles. The number of hydrogen-bond donors (Lipinski definition) is 1. The number of carbonyl (C=O) groups excluding carboxylic acids is 2. The van der Waals surface area contributed by atoms with Gasteiger partial charge in [0.05, 0.1) is 27.7 Å². The van der Waals surface area contributed by atoms with Gasteiger partial charge in [0.15, 0.2) is 5.17 Å². The van der Waals surface area contributed by atoms with E-state index in [-0.39, 0.29) is 22.4 Å². The van der Waals surface area contributed by atoms with Crippen LogP contribution in [-0.2, 0) is 15.8 Å². The molecule has 0 bridgehead atoms. The Morgan fingerprint density at radius 1 is 1.03 bits per heavy atom. The Bertz CT molecular complexity index is 1430. The second-order valence-corrected chi connectivity index (χ2v) is 9.25. The number of benzene rings is 3. The van der Waals surface area contributed by atoms with Gasteiger partial charge in [-0.15, -0.1) is 0 Å². The second kappa shape index (κ2) is 9.44. The largest absolute Gasteiger partial charge is 0.416 e. The van der Waals surface area contributed by atoms with E-state index < -0.39 is 23.7 Å². The second-order valence-electron chi connectivity index (χ2n) is 7.90. The van der Waals surface area contributed by atoms with E-state index in [1.807, 2.05) is 42.5 Å². The summed E-state index contributed by atoms with van der Waals surface area (Å²) in [5.74, 6) is -0.694. The Morgan fingerprint density at radius 3 is 2.50 bits per heavy atom. The van der Waals surface area contributed by atoms with Crippen molar-refractivity contribution in [2.45, 2.75) is 12.2 Å². The number of rotatable bonds is 4. The normalized spacial score (nSPS) is 16.7. The first-order valence-corrected chi connectivity index (χ1v) is 12.0. The summed E-state index contributed by atoms with van der Waals surface area (Å²) in [7, 11) is 0. The lowest BCUT2D eigenvalue weighted by Gasteiger charge is -2.31. The van der Waals surface area contributed by atoms with Gasteiger partial charge in [0, 0.05) is 5.56 Å². The molecule has 0 aliphatic carbocycles. The molecule has 0 spiro atoms. The van der Waals surface area contributed by atoms with Crippen LogP contribution in [0.15, 0.2) is 82.8 Å². The zero-order valence-electron chi connectivity index (χ0n) is 18.3. The molecule has 0 fully saturated rings. The van der Waals surface area contributed by atoms with Crippen LogP contribution in [-0.4, -0.2) is 33.5 Å². The molecule has 2 aliphatic heterocycles. The van der Waals surface area contributed by atoms with Gasteiger partial charge in [-0.3, -0.25) is 14.5 Å². The first kappa shape index (κ1) is 24.1. The van der Waals surface area contributed by atoms with E-state index in [1.54, 1.807) is 17.0 Å². The molecule has 11 heteroatoms. The van der Waals surface area contributed by atoms with E-state index in [0.29, 0.717) is 27.8 Å². The van der Waals surface area contributed by atoms with Gasteiger partial charge in [0.25, 0.3) is 5.91 Å². The number of para-hydroxylation sites is 1. The van der Waals surface area contributed by atoms with Gasteiger partial charge in [-0.05, 0) is 35.9 Å². The number of nitrogens with one attached hydrogen (secondary N) is 1. The van der Waals surface area contributed by atoms with Crippen LogP contribution >= 0.6 is 23.4 Å². The molecule has 36 heavy (non-hydrogen) atoms. The SMILES string of the molecule is O=C(CSC1=Nc2ccccc2C2=NC(=O)C(c3ccccc3)N12)Nc1cc(C(F)(F)F)ccc1Cl. The van der Waals surface area contributed by atoms with Crippen LogP contribution in [0, 0.1) is 0 Å². The number of fused-ring (bicyclic) bond motifs is 3. The van der Waals surface area contributed by atoms with Crippen LogP contribution in [0.3, 0.4) is 0 Å². The molecule has 0 radical (unpaired) electrons. The molecule has 6 nitrogen and oxygen atoms in total. The van der Waals surface area contributed by atoms with Crippen molar-refractivity contribution in [3.8, 4) is 0 Å². The topological polar surface area (TPSA) is 74.1 Å². The maximum atomic E-state index is 13.1. The van der Waals surface area contributed by atoms with Gasteiger partial charge in [0.2, 0.25) is 5.91 Å². The third-order valence-electron chi connectivity index (χ3n) is 5.52. The molecule has 1 unspecified atom stereocenters. The number of amidine groups is 2. The van der Waals surface area contributed by atoms with E-state index in [0.717, 1.165) is 30.0 Å². The number of amides is 2. The van der Waals surface area contributed by atoms with Gasteiger partial charge in [-0.1, -0.05) is 65.8 Å². The third-order valence-corrected chi connectivity index (χ3v) is 6.80. The molecule has 1 atom stereocenters. The van der Waals surface area contributed by atoms with Crippen molar-refractivity contribution in [3.05, 3.63) is 94.5 Å². The maximum absolute atomic E-state index is 13.1. The van der Waals surface area contributed by atoms with Gasteiger partial charge in [0.1, 0.15) is 11.9 Å². The lowest BCUT2D eigenvalue weighted by Crippen LogP contribution is -2.39. The number of thioether (sulfide) groups is 1. The summed E-state index contributed by atoms with van der Waals surface area (Å²) in [6.45, 7) is 0. The summed E-state index contributed by atoms with van der Waals surface area (Å²) in [5, 5.41) is 2.78. The molecule has 182 valence electrons. The number of nitrogens with zero attached hydrogens (tertiary/aromatic N) is 3. The lowest BCUT2D eigenvalue weighted by atomic mass is 10.0. The zero-order valence-corrected chi connectivity index (χ0v) is 19.9. The Labute approximate surface area is 212 Å². The highest BCUT2D eigenvalue weighted by Crippen LogP contribution is 2.39. The van der Waals surface area contributed by atoms with E-state index in [1.165, 1.54) is 0 Å². The van der Waals surface area contributed by atoms with Gasteiger partial charge < -0.3 is 5.32 Å². The minimum Gasteiger partial charge on any atom is -0.324 e. The Kier molecular flexibility index (Phi) is 6.31. The standard InChI is InChI=1S/C25H16ClF3N4O2S/c26-17-11-10-15(25(27,28)29)12-19(17)30-20(34)13-36-24-31-18-9-5-4-8-16(18)22-32-23(35)21(33(22)24)14-6-2-1-3-7-14/h1-12,21H,13H2,(H,30,34). The number of alkyl halides is 3. The molecule has 1 N–H and O–H groups in total. The smallest absolute Gasteiger partial charge is 0.324 e. The number of anilines is 1. The molecule has 0 saturated heterocycles. The summed E-state index contributed by atoms with van der Waals surface area (Å²) in [6.07, 6.45) is -4.58. The summed E-state index contributed by atoms with van der Waals surface area (Å²) in [6, 6.07) is 18.3. The minimum absolute atomic E-state index is 0.0195. The fraction of sp³-hybridized carbons (Fsp3) is 0.120. The number of carbonyl (C=O) groups is 2. The van der Waals surface area contributed by atoms with Crippen molar-refractivity contribution >= 4 is 57.6 Å². The van der Waals surface area contributed by atoms with Crippen LogP contribution in [0.1, 0.15) is 22.7 Å². The van der Waals surface area contributed by atoms with Crippen LogP contribution in [0.5, 0.6) is 0 Å².